The lowest BCUT2D eigenvalue weighted by Gasteiger charge is -2.25. The summed E-state index contributed by atoms with van der Waals surface area (Å²) in [5.74, 6) is 0.884. The molecule has 4 N–H and O–H groups in total. The van der Waals surface area contributed by atoms with Crippen molar-refractivity contribution in [3.05, 3.63) is 72.8 Å². The second-order valence-electron chi connectivity index (χ2n) is 8.45. The number of nitrogens with one attached hydrogen (secondary N) is 2. The minimum absolute atomic E-state index is 0.0572. The number of hydrogen-bond acceptors (Lipinski definition) is 7. The van der Waals surface area contributed by atoms with Crippen LogP contribution in [0, 0.1) is 0 Å². The molecule has 1 aliphatic heterocycles. The van der Waals surface area contributed by atoms with Gasteiger partial charge in [-0.1, -0.05) is 12.1 Å². The molecule has 1 aromatic heterocycles. The van der Waals surface area contributed by atoms with E-state index in [4.69, 9.17) is 9.72 Å². The molecule has 0 radical (unpaired) electrons. The van der Waals surface area contributed by atoms with Crippen LogP contribution in [0.2, 0.25) is 0 Å². The molecule has 1 amide bonds. The van der Waals surface area contributed by atoms with Gasteiger partial charge in [0.2, 0.25) is 5.91 Å². The van der Waals surface area contributed by atoms with Gasteiger partial charge < -0.3 is 25.6 Å². The molecule has 0 unspecified atom stereocenters. The van der Waals surface area contributed by atoms with E-state index in [-0.39, 0.29) is 17.4 Å². The molecular formula is C27H26N4O4. The third-order valence-electron chi connectivity index (χ3n) is 5.88. The molecule has 2 heterocycles. The largest absolute Gasteiger partial charge is 0.508 e. The van der Waals surface area contributed by atoms with Crippen LogP contribution in [-0.4, -0.2) is 58.9 Å². The van der Waals surface area contributed by atoms with Crippen molar-refractivity contribution in [2.24, 2.45) is 0 Å². The van der Waals surface area contributed by atoms with E-state index in [2.05, 4.69) is 15.5 Å². The normalized spacial score (nSPS) is 14.1. The highest BCUT2D eigenvalue weighted by molar-refractivity contribution is 5.93. The molecule has 4 aromatic rings. The first-order valence-corrected chi connectivity index (χ1v) is 11.4. The minimum Gasteiger partial charge on any atom is -0.508 e. The van der Waals surface area contributed by atoms with Crippen molar-refractivity contribution in [2.75, 3.05) is 43.5 Å². The van der Waals surface area contributed by atoms with Crippen LogP contribution >= 0.6 is 0 Å². The van der Waals surface area contributed by atoms with Gasteiger partial charge in [0, 0.05) is 41.5 Å². The summed E-state index contributed by atoms with van der Waals surface area (Å²) in [6.07, 6.45) is 0. The predicted molar refractivity (Wildman–Crippen MR) is 136 cm³/mol. The van der Waals surface area contributed by atoms with E-state index in [9.17, 15) is 15.0 Å². The van der Waals surface area contributed by atoms with E-state index in [1.165, 1.54) is 0 Å². The van der Waals surface area contributed by atoms with Crippen LogP contribution in [0.4, 0.5) is 17.2 Å². The fourth-order valence-corrected chi connectivity index (χ4v) is 4.05. The Morgan fingerprint density at radius 2 is 1.57 bits per heavy atom. The van der Waals surface area contributed by atoms with E-state index < -0.39 is 0 Å². The first-order valence-electron chi connectivity index (χ1n) is 11.4. The van der Waals surface area contributed by atoms with Crippen LogP contribution in [0.15, 0.2) is 72.8 Å². The van der Waals surface area contributed by atoms with Crippen LogP contribution in [0.25, 0.3) is 22.0 Å². The fourth-order valence-electron chi connectivity index (χ4n) is 4.05. The number of ether oxygens (including phenoxy) is 1. The number of phenolic OH excluding ortho intramolecular Hbond substituents is 2. The molecule has 8 nitrogen and oxygen atoms in total. The minimum atomic E-state index is -0.0572. The van der Waals surface area contributed by atoms with Crippen LogP contribution < -0.4 is 10.6 Å². The van der Waals surface area contributed by atoms with Crippen molar-refractivity contribution in [3.8, 4) is 22.6 Å². The van der Waals surface area contributed by atoms with Gasteiger partial charge in [-0.15, -0.1) is 0 Å². The smallest absolute Gasteiger partial charge is 0.238 e. The third-order valence-corrected chi connectivity index (χ3v) is 5.88. The van der Waals surface area contributed by atoms with Gasteiger partial charge in [0.15, 0.2) is 0 Å². The number of benzene rings is 3. The summed E-state index contributed by atoms with van der Waals surface area (Å²) >= 11 is 0. The molecule has 5 rings (SSSR count). The number of morpholine rings is 1. The molecule has 1 aliphatic rings. The van der Waals surface area contributed by atoms with Crippen LogP contribution in [0.1, 0.15) is 0 Å². The average Bonchev–Trinajstić information content (AvgIpc) is 2.86. The van der Waals surface area contributed by atoms with Gasteiger partial charge in [0.05, 0.1) is 25.3 Å². The number of aromatic hydroxyl groups is 2. The van der Waals surface area contributed by atoms with Gasteiger partial charge in [-0.3, -0.25) is 9.69 Å². The zero-order valence-electron chi connectivity index (χ0n) is 19.1. The van der Waals surface area contributed by atoms with Crippen LogP contribution in [0.3, 0.4) is 0 Å². The Morgan fingerprint density at radius 1 is 0.886 bits per heavy atom. The van der Waals surface area contributed by atoms with Crippen molar-refractivity contribution in [1.82, 2.24) is 9.88 Å². The van der Waals surface area contributed by atoms with E-state index in [0.29, 0.717) is 36.8 Å². The number of hydrogen-bond donors (Lipinski definition) is 4. The lowest BCUT2D eigenvalue weighted by Crippen LogP contribution is -2.41. The second-order valence-corrected chi connectivity index (χ2v) is 8.45. The topological polar surface area (TPSA) is 107 Å². The maximum absolute atomic E-state index is 12.4. The highest BCUT2D eigenvalue weighted by Gasteiger charge is 2.15. The van der Waals surface area contributed by atoms with Crippen molar-refractivity contribution in [3.63, 3.8) is 0 Å². The molecule has 178 valence electrons. The monoisotopic (exact) mass is 470 g/mol. The van der Waals surface area contributed by atoms with Gasteiger partial charge in [-0.2, -0.15) is 0 Å². The molecule has 3 aromatic carbocycles. The van der Waals surface area contributed by atoms with Crippen LogP contribution in [-0.2, 0) is 9.53 Å². The number of pyridine rings is 1. The molecule has 0 spiro atoms. The third kappa shape index (κ3) is 5.51. The molecule has 35 heavy (non-hydrogen) atoms. The standard InChI is InChI=1S/C27H26N4O4/c32-22-8-1-18(2-9-22)24-15-19-3-10-23(33)16-25(19)30-27(24)29-21-6-4-20(5-7-21)28-26(34)17-31-11-13-35-14-12-31/h1-10,15-16,32-33H,11-14,17H2,(H,28,34)(H,29,30). The van der Waals surface area contributed by atoms with Crippen molar-refractivity contribution in [2.45, 2.75) is 0 Å². The van der Waals surface area contributed by atoms with E-state index in [1.54, 1.807) is 24.3 Å². The Morgan fingerprint density at radius 3 is 2.31 bits per heavy atom. The summed E-state index contributed by atoms with van der Waals surface area (Å²) in [7, 11) is 0. The van der Waals surface area contributed by atoms with E-state index in [1.807, 2.05) is 48.5 Å². The quantitative estimate of drug-likeness (QED) is 0.332. The van der Waals surface area contributed by atoms with Crippen molar-refractivity contribution in [1.29, 1.82) is 0 Å². The first-order chi connectivity index (χ1) is 17.0. The molecular weight excluding hydrogens is 444 g/mol. The lowest BCUT2D eigenvalue weighted by atomic mass is 10.0. The zero-order valence-corrected chi connectivity index (χ0v) is 19.1. The van der Waals surface area contributed by atoms with Crippen LogP contribution in [0.5, 0.6) is 11.5 Å². The molecule has 8 heteroatoms. The molecule has 0 aliphatic carbocycles. The van der Waals surface area contributed by atoms with E-state index >= 15 is 0 Å². The number of phenols is 2. The maximum Gasteiger partial charge on any atom is 0.238 e. The summed E-state index contributed by atoms with van der Waals surface area (Å²) in [5.41, 5.74) is 3.90. The Labute approximate surface area is 202 Å². The number of amides is 1. The summed E-state index contributed by atoms with van der Waals surface area (Å²) in [6, 6.07) is 21.4. The predicted octanol–water partition coefficient (Wildman–Crippen LogP) is 4.33. The van der Waals surface area contributed by atoms with Crippen molar-refractivity contribution >= 4 is 34.0 Å². The molecule has 0 bridgehead atoms. The summed E-state index contributed by atoms with van der Waals surface area (Å²) < 4.78 is 5.32. The maximum atomic E-state index is 12.4. The number of carbonyl (C=O) groups is 1. The molecule has 1 saturated heterocycles. The highest BCUT2D eigenvalue weighted by atomic mass is 16.5. The van der Waals surface area contributed by atoms with E-state index in [0.717, 1.165) is 35.3 Å². The van der Waals surface area contributed by atoms with Gasteiger partial charge in [-0.25, -0.2) is 4.98 Å². The molecule has 1 fully saturated rings. The summed E-state index contributed by atoms with van der Waals surface area (Å²) in [4.78, 5) is 19.2. The molecule has 0 saturated carbocycles. The number of carbonyl (C=O) groups excluding carboxylic acids is 1. The van der Waals surface area contributed by atoms with Gasteiger partial charge in [0.25, 0.3) is 0 Å². The molecule has 0 atom stereocenters. The summed E-state index contributed by atoms with van der Waals surface area (Å²) in [6.45, 7) is 3.17. The number of nitrogens with zero attached hydrogens (tertiary/aromatic N) is 2. The van der Waals surface area contributed by atoms with Gasteiger partial charge >= 0.3 is 0 Å². The number of fused-ring (bicyclic) bond motifs is 1. The van der Waals surface area contributed by atoms with Gasteiger partial charge in [-0.05, 0) is 60.2 Å². The fraction of sp³-hybridized carbons (Fsp3) is 0.185. The number of rotatable bonds is 6. The second kappa shape index (κ2) is 10.0. The summed E-state index contributed by atoms with van der Waals surface area (Å²) in [5, 5.41) is 26.8. The number of anilines is 3. The Hall–Kier alpha value is -4.14. The van der Waals surface area contributed by atoms with Crippen molar-refractivity contribution < 1.29 is 19.7 Å². The average molecular weight is 471 g/mol. The Balaban J connectivity index is 1.36. The lowest BCUT2D eigenvalue weighted by molar-refractivity contribution is -0.118. The number of aromatic nitrogens is 1. The zero-order chi connectivity index (χ0) is 24.2. The highest BCUT2D eigenvalue weighted by Crippen LogP contribution is 2.34. The SMILES string of the molecule is O=C(CN1CCOCC1)Nc1ccc(Nc2nc3cc(O)ccc3cc2-c2ccc(O)cc2)cc1. The Kier molecular flexibility index (Phi) is 6.47. The van der Waals surface area contributed by atoms with Gasteiger partial charge in [0.1, 0.15) is 17.3 Å². The first kappa shape index (κ1) is 22.6. The Bertz CT molecular complexity index is 1330.